The number of nitrogens with zero attached hydrogens (tertiary/aromatic N) is 3. The van der Waals surface area contributed by atoms with Crippen molar-refractivity contribution in [1.29, 1.82) is 0 Å². The van der Waals surface area contributed by atoms with Gasteiger partial charge in [-0.25, -0.2) is 4.98 Å². The highest BCUT2D eigenvalue weighted by Crippen LogP contribution is 2.13. The normalized spacial score (nSPS) is 11.2. The van der Waals surface area contributed by atoms with Crippen LogP contribution in [0.3, 0.4) is 0 Å². The molecule has 0 aliphatic heterocycles. The average molecular weight is 241 g/mol. The summed E-state index contributed by atoms with van der Waals surface area (Å²) in [6.07, 6.45) is 3.71. The minimum atomic E-state index is 0.746. The molecule has 3 aromatic rings. The lowest BCUT2D eigenvalue weighted by Gasteiger charge is -2.03. The fourth-order valence-corrected chi connectivity index (χ4v) is 2.05. The Labute approximate surface area is 105 Å². The smallest absolute Gasteiger partial charge is 0.123 e. The van der Waals surface area contributed by atoms with Crippen LogP contribution in [0.5, 0.6) is 0 Å². The molecule has 2 aromatic heterocycles. The van der Waals surface area contributed by atoms with E-state index in [9.17, 15) is 0 Å². The summed E-state index contributed by atoms with van der Waals surface area (Å²) in [4.78, 5) is 4.61. The number of hydrogen-bond donors (Lipinski definition) is 2. The van der Waals surface area contributed by atoms with E-state index in [4.69, 9.17) is 0 Å². The van der Waals surface area contributed by atoms with Gasteiger partial charge in [-0.15, -0.1) is 0 Å². The van der Waals surface area contributed by atoms with Gasteiger partial charge in [0.1, 0.15) is 5.82 Å². The number of aryl methyl sites for hydroxylation is 1. The van der Waals surface area contributed by atoms with Crippen LogP contribution in [0.4, 0.5) is 0 Å². The summed E-state index contributed by atoms with van der Waals surface area (Å²) in [5.41, 5.74) is 3.35. The predicted molar refractivity (Wildman–Crippen MR) is 69.8 cm³/mol. The molecule has 2 heterocycles. The van der Waals surface area contributed by atoms with Crippen LogP contribution in [0.15, 0.2) is 36.7 Å². The Bertz CT molecular complexity index is 639. The molecule has 0 amide bonds. The lowest BCUT2D eigenvalue weighted by Crippen LogP contribution is -2.15. The van der Waals surface area contributed by atoms with Crippen LogP contribution < -0.4 is 5.32 Å². The molecule has 0 aliphatic rings. The van der Waals surface area contributed by atoms with E-state index in [2.05, 4.69) is 31.1 Å². The Balaban J connectivity index is 1.73. The van der Waals surface area contributed by atoms with Crippen LogP contribution in [0.25, 0.3) is 11.0 Å². The van der Waals surface area contributed by atoms with E-state index in [-0.39, 0.29) is 0 Å². The number of para-hydroxylation sites is 2. The fraction of sp³-hybridized carbons (Fsp3) is 0.231. The minimum Gasteiger partial charge on any atom is -0.330 e. The summed E-state index contributed by atoms with van der Waals surface area (Å²) < 4.78 is 2.12. The molecule has 0 saturated heterocycles. The van der Waals surface area contributed by atoms with Gasteiger partial charge in [-0.05, 0) is 12.1 Å². The maximum Gasteiger partial charge on any atom is 0.123 e. The highest BCUT2D eigenvalue weighted by Gasteiger charge is 2.06. The van der Waals surface area contributed by atoms with E-state index in [0.717, 1.165) is 35.5 Å². The van der Waals surface area contributed by atoms with E-state index in [0.29, 0.717) is 0 Å². The molecule has 0 aliphatic carbocycles. The zero-order valence-corrected chi connectivity index (χ0v) is 10.2. The van der Waals surface area contributed by atoms with Crippen molar-refractivity contribution in [3.05, 3.63) is 48.0 Å². The largest absolute Gasteiger partial charge is 0.330 e. The zero-order chi connectivity index (χ0) is 12.4. The summed E-state index contributed by atoms with van der Waals surface area (Å²) >= 11 is 0. The third-order valence-electron chi connectivity index (χ3n) is 3.05. The molecule has 2 N–H and O–H groups in total. The fourth-order valence-electron chi connectivity index (χ4n) is 2.05. The molecule has 0 bridgehead atoms. The maximum atomic E-state index is 4.61. The maximum absolute atomic E-state index is 4.61. The first-order chi connectivity index (χ1) is 8.84. The molecule has 5 nitrogen and oxygen atoms in total. The number of aromatic nitrogens is 4. The monoisotopic (exact) mass is 241 g/mol. The molecule has 0 radical (unpaired) electrons. The third-order valence-corrected chi connectivity index (χ3v) is 3.05. The van der Waals surface area contributed by atoms with Crippen molar-refractivity contribution in [2.75, 3.05) is 0 Å². The number of fused-ring (bicyclic) bond motifs is 1. The van der Waals surface area contributed by atoms with Gasteiger partial charge in [-0.1, -0.05) is 12.1 Å². The molecule has 5 heteroatoms. The van der Waals surface area contributed by atoms with Gasteiger partial charge in [0.05, 0.1) is 23.8 Å². The molecule has 3 rings (SSSR count). The molecule has 0 spiro atoms. The number of H-pyrrole nitrogens is 1. The van der Waals surface area contributed by atoms with E-state index in [1.807, 2.05) is 37.6 Å². The van der Waals surface area contributed by atoms with Gasteiger partial charge in [0.2, 0.25) is 0 Å². The second-order valence-corrected chi connectivity index (χ2v) is 4.29. The van der Waals surface area contributed by atoms with Gasteiger partial charge in [-0.2, -0.15) is 5.10 Å². The average Bonchev–Trinajstić information content (AvgIpc) is 3.00. The van der Waals surface area contributed by atoms with Crippen LogP contribution in [-0.4, -0.2) is 19.7 Å². The standard InChI is InChI=1S/C13H15N5/c1-18-12-5-3-2-4-11(12)17-13(18)9-14-6-10-7-15-16-8-10/h2-5,7-8,14H,6,9H2,1H3,(H,15,16). The van der Waals surface area contributed by atoms with Gasteiger partial charge >= 0.3 is 0 Å². The lowest BCUT2D eigenvalue weighted by atomic mass is 10.3. The highest BCUT2D eigenvalue weighted by atomic mass is 15.1. The minimum absolute atomic E-state index is 0.746. The molecule has 0 atom stereocenters. The zero-order valence-electron chi connectivity index (χ0n) is 10.2. The summed E-state index contributed by atoms with van der Waals surface area (Å²) in [5.74, 6) is 1.04. The molecule has 0 saturated carbocycles. The Morgan fingerprint density at radius 3 is 2.94 bits per heavy atom. The molecule has 0 fully saturated rings. The topological polar surface area (TPSA) is 58.5 Å². The summed E-state index contributed by atoms with van der Waals surface area (Å²) in [7, 11) is 2.05. The first-order valence-corrected chi connectivity index (χ1v) is 5.93. The third kappa shape index (κ3) is 2.00. The van der Waals surface area contributed by atoms with Crippen LogP contribution in [0.2, 0.25) is 0 Å². The summed E-state index contributed by atoms with van der Waals surface area (Å²) in [6.45, 7) is 1.54. The predicted octanol–water partition coefficient (Wildman–Crippen LogP) is 1.59. The molecule has 92 valence electrons. The number of hydrogen-bond acceptors (Lipinski definition) is 3. The van der Waals surface area contributed by atoms with Crippen molar-refractivity contribution in [2.45, 2.75) is 13.1 Å². The Morgan fingerprint density at radius 1 is 1.28 bits per heavy atom. The van der Waals surface area contributed by atoms with E-state index in [1.165, 1.54) is 0 Å². The SMILES string of the molecule is Cn1c(CNCc2cn[nH]c2)nc2ccccc21. The number of nitrogens with one attached hydrogen (secondary N) is 2. The van der Waals surface area contributed by atoms with Crippen molar-refractivity contribution >= 4 is 11.0 Å². The number of benzene rings is 1. The van der Waals surface area contributed by atoms with Crippen LogP contribution in [0, 0.1) is 0 Å². The highest BCUT2D eigenvalue weighted by molar-refractivity contribution is 5.75. The number of imidazole rings is 1. The van der Waals surface area contributed by atoms with Gasteiger partial charge in [0.15, 0.2) is 0 Å². The quantitative estimate of drug-likeness (QED) is 0.729. The summed E-state index contributed by atoms with van der Waals surface area (Å²) in [5, 5.41) is 10.1. The van der Waals surface area contributed by atoms with Gasteiger partial charge in [-0.3, -0.25) is 5.10 Å². The van der Waals surface area contributed by atoms with E-state index < -0.39 is 0 Å². The van der Waals surface area contributed by atoms with E-state index in [1.54, 1.807) is 0 Å². The van der Waals surface area contributed by atoms with Crippen molar-refractivity contribution < 1.29 is 0 Å². The number of rotatable bonds is 4. The van der Waals surface area contributed by atoms with Crippen LogP contribution in [-0.2, 0) is 20.1 Å². The molecule has 1 aromatic carbocycles. The molecule has 18 heavy (non-hydrogen) atoms. The van der Waals surface area contributed by atoms with Crippen molar-refractivity contribution in [1.82, 2.24) is 25.1 Å². The molecule has 0 unspecified atom stereocenters. The van der Waals surface area contributed by atoms with Crippen LogP contribution >= 0.6 is 0 Å². The molecular formula is C13H15N5. The molecular weight excluding hydrogens is 226 g/mol. The Hall–Kier alpha value is -2.14. The van der Waals surface area contributed by atoms with Gasteiger partial charge < -0.3 is 9.88 Å². The first kappa shape index (κ1) is 11.0. The number of aromatic amines is 1. The Kier molecular flexibility index (Phi) is 2.82. The van der Waals surface area contributed by atoms with Crippen molar-refractivity contribution in [3.63, 3.8) is 0 Å². The summed E-state index contributed by atoms with van der Waals surface area (Å²) in [6, 6.07) is 8.17. The van der Waals surface area contributed by atoms with E-state index >= 15 is 0 Å². The van der Waals surface area contributed by atoms with Crippen LogP contribution in [0.1, 0.15) is 11.4 Å². The van der Waals surface area contributed by atoms with Gasteiger partial charge in [0.25, 0.3) is 0 Å². The lowest BCUT2D eigenvalue weighted by molar-refractivity contribution is 0.644. The first-order valence-electron chi connectivity index (χ1n) is 5.93. The second-order valence-electron chi connectivity index (χ2n) is 4.29. The van der Waals surface area contributed by atoms with Gasteiger partial charge in [0, 0.05) is 25.4 Å². The van der Waals surface area contributed by atoms with Crippen molar-refractivity contribution in [2.24, 2.45) is 7.05 Å². The van der Waals surface area contributed by atoms with Crippen molar-refractivity contribution in [3.8, 4) is 0 Å². The Morgan fingerprint density at radius 2 is 2.17 bits per heavy atom. The second kappa shape index (κ2) is 4.62.